The van der Waals surface area contributed by atoms with Crippen molar-refractivity contribution in [3.05, 3.63) is 59.7 Å². The number of likely N-dealkylation sites (N-methyl/N-ethyl adjacent to an activating group) is 1. The third-order valence-corrected chi connectivity index (χ3v) is 4.15. The Morgan fingerprint density at radius 2 is 1.70 bits per heavy atom. The topological polar surface area (TPSA) is 79.9 Å². The molecule has 0 aliphatic heterocycles. The molecule has 2 aromatic carbocycles. The molecule has 2 rings (SSSR count). The van der Waals surface area contributed by atoms with E-state index in [0.717, 1.165) is 11.1 Å². The highest BCUT2D eigenvalue weighted by Crippen LogP contribution is 2.29. The molecule has 0 heterocycles. The van der Waals surface area contributed by atoms with Crippen LogP contribution >= 0.6 is 0 Å². The van der Waals surface area contributed by atoms with Crippen molar-refractivity contribution in [3.63, 3.8) is 0 Å². The summed E-state index contributed by atoms with van der Waals surface area (Å²) in [6.45, 7) is 0.473. The zero-order chi connectivity index (χ0) is 19.8. The highest BCUT2D eigenvalue weighted by Gasteiger charge is 2.26. The van der Waals surface area contributed by atoms with E-state index >= 15 is 0 Å². The molecule has 0 unspecified atom stereocenters. The van der Waals surface area contributed by atoms with Crippen molar-refractivity contribution in [3.8, 4) is 11.5 Å². The van der Waals surface area contributed by atoms with Gasteiger partial charge < -0.3 is 14.8 Å². The second-order valence-corrected chi connectivity index (χ2v) is 5.99. The molecule has 3 amide bonds. The minimum absolute atomic E-state index is 0.400. The first-order valence-electron chi connectivity index (χ1n) is 8.48. The standard InChI is InChI=1S/C20H25N3O4/c1-21-20(25)22-19(24)18(15-8-6-5-7-9-15)23(2)13-14-10-11-16(26-3)17(12-14)27-4/h5-12,18H,13H2,1-4H3,(H2,21,22,24,25)/t18-/m1/s1. The summed E-state index contributed by atoms with van der Waals surface area (Å²) in [5.41, 5.74) is 1.74. The van der Waals surface area contributed by atoms with Gasteiger partial charge in [-0.1, -0.05) is 36.4 Å². The Bertz CT molecular complexity index is 780. The first kappa shape index (κ1) is 20.3. The van der Waals surface area contributed by atoms with Crippen LogP contribution in [-0.4, -0.2) is 45.2 Å². The third-order valence-electron chi connectivity index (χ3n) is 4.15. The molecule has 0 fully saturated rings. The highest BCUT2D eigenvalue weighted by atomic mass is 16.5. The van der Waals surface area contributed by atoms with E-state index in [4.69, 9.17) is 9.47 Å². The maximum absolute atomic E-state index is 12.7. The van der Waals surface area contributed by atoms with Crippen LogP contribution in [0.5, 0.6) is 11.5 Å². The van der Waals surface area contributed by atoms with Gasteiger partial charge in [0.2, 0.25) is 5.91 Å². The number of nitrogens with one attached hydrogen (secondary N) is 2. The quantitative estimate of drug-likeness (QED) is 0.781. The molecule has 7 nitrogen and oxygen atoms in total. The molecule has 7 heteroatoms. The number of rotatable bonds is 7. The zero-order valence-corrected chi connectivity index (χ0v) is 16.0. The SMILES string of the molecule is CNC(=O)NC(=O)[C@@H](c1ccccc1)N(C)Cc1ccc(OC)c(OC)c1. The van der Waals surface area contributed by atoms with Crippen LogP contribution in [0.25, 0.3) is 0 Å². The molecule has 0 aliphatic rings. The molecule has 0 aromatic heterocycles. The van der Waals surface area contributed by atoms with Crippen molar-refractivity contribution >= 4 is 11.9 Å². The molecule has 0 radical (unpaired) electrons. The van der Waals surface area contributed by atoms with Crippen LogP contribution in [0.3, 0.4) is 0 Å². The van der Waals surface area contributed by atoms with Crippen LogP contribution in [0.2, 0.25) is 0 Å². The first-order chi connectivity index (χ1) is 13.0. The molecule has 144 valence electrons. The number of ether oxygens (including phenoxy) is 2. The molecule has 0 saturated heterocycles. The fraction of sp³-hybridized carbons (Fsp3) is 0.300. The lowest BCUT2D eigenvalue weighted by atomic mass is 10.0. The van der Waals surface area contributed by atoms with Gasteiger partial charge in [-0.05, 0) is 30.3 Å². The van der Waals surface area contributed by atoms with Gasteiger partial charge in [0, 0.05) is 13.6 Å². The molecule has 27 heavy (non-hydrogen) atoms. The molecular weight excluding hydrogens is 346 g/mol. The van der Waals surface area contributed by atoms with Crippen molar-refractivity contribution in [2.75, 3.05) is 28.3 Å². The van der Waals surface area contributed by atoms with Crippen LogP contribution in [0.1, 0.15) is 17.2 Å². The predicted molar refractivity (Wildman–Crippen MR) is 103 cm³/mol. The van der Waals surface area contributed by atoms with Crippen molar-refractivity contribution in [2.45, 2.75) is 12.6 Å². The Morgan fingerprint density at radius 3 is 2.30 bits per heavy atom. The summed E-state index contributed by atoms with van der Waals surface area (Å²) in [5, 5.41) is 4.76. The number of benzene rings is 2. The van der Waals surface area contributed by atoms with Gasteiger partial charge in [-0.15, -0.1) is 0 Å². The summed E-state index contributed by atoms with van der Waals surface area (Å²) in [7, 11) is 6.46. The normalized spacial score (nSPS) is 11.6. The smallest absolute Gasteiger partial charge is 0.321 e. The first-order valence-corrected chi connectivity index (χ1v) is 8.48. The number of imide groups is 1. The minimum atomic E-state index is -0.628. The summed E-state index contributed by atoms with van der Waals surface area (Å²) in [4.78, 5) is 26.2. The van der Waals surface area contributed by atoms with E-state index in [9.17, 15) is 9.59 Å². The van der Waals surface area contributed by atoms with Crippen molar-refractivity contribution in [1.29, 1.82) is 0 Å². The van der Waals surface area contributed by atoms with E-state index < -0.39 is 18.0 Å². The van der Waals surface area contributed by atoms with Gasteiger partial charge in [0.05, 0.1) is 14.2 Å². The number of carbonyl (C=O) groups excluding carboxylic acids is 2. The van der Waals surface area contributed by atoms with E-state index in [2.05, 4.69) is 10.6 Å². The number of methoxy groups -OCH3 is 2. The zero-order valence-electron chi connectivity index (χ0n) is 16.0. The Kier molecular flexibility index (Phi) is 7.19. The number of carbonyl (C=O) groups is 2. The number of hydrogen-bond acceptors (Lipinski definition) is 5. The monoisotopic (exact) mass is 371 g/mol. The minimum Gasteiger partial charge on any atom is -0.493 e. The van der Waals surface area contributed by atoms with Gasteiger partial charge in [0.15, 0.2) is 11.5 Å². The molecule has 0 aliphatic carbocycles. The lowest BCUT2D eigenvalue weighted by molar-refractivity contribution is -0.125. The van der Waals surface area contributed by atoms with Crippen LogP contribution in [0.4, 0.5) is 4.79 Å². The summed E-state index contributed by atoms with van der Waals surface area (Å²) in [6, 6.07) is 13.8. The second-order valence-electron chi connectivity index (χ2n) is 5.99. The molecule has 0 saturated carbocycles. The highest BCUT2D eigenvalue weighted by molar-refractivity contribution is 5.97. The number of hydrogen-bond donors (Lipinski definition) is 2. The van der Waals surface area contributed by atoms with E-state index in [1.807, 2.05) is 60.5 Å². The van der Waals surface area contributed by atoms with Crippen molar-refractivity contribution in [2.24, 2.45) is 0 Å². The van der Waals surface area contributed by atoms with Crippen LogP contribution in [0.15, 0.2) is 48.5 Å². The van der Waals surface area contributed by atoms with E-state index in [0.29, 0.717) is 18.0 Å². The Morgan fingerprint density at radius 1 is 1.04 bits per heavy atom. The second kappa shape index (κ2) is 9.59. The van der Waals surface area contributed by atoms with E-state index in [-0.39, 0.29) is 0 Å². The lowest BCUT2D eigenvalue weighted by Gasteiger charge is -2.27. The van der Waals surface area contributed by atoms with Crippen LogP contribution in [-0.2, 0) is 11.3 Å². The van der Waals surface area contributed by atoms with Gasteiger partial charge in [-0.2, -0.15) is 0 Å². The number of amides is 3. The van der Waals surface area contributed by atoms with Gasteiger partial charge in [0.1, 0.15) is 6.04 Å². The maximum atomic E-state index is 12.7. The average molecular weight is 371 g/mol. The third kappa shape index (κ3) is 5.21. The van der Waals surface area contributed by atoms with Gasteiger partial charge in [-0.3, -0.25) is 15.0 Å². The summed E-state index contributed by atoms with van der Waals surface area (Å²) < 4.78 is 10.6. The maximum Gasteiger partial charge on any atom is 0.321 e. The van der Waals surface area contributed by atoms with Gasteiger partial charge in [-0.25, -0.2) is 4.79 Å². The number of urea groups is 1. The van der Waals surface area contributed by atoms with Gasteiger partial charge >= 0.3 is 6.03 Å². The number of nitrogens with zero attached hydrogens (tertiary/aromatic N) is 1. The molecule has 0 bridgehead atoms. The van der Waals surface area contributed by atoms with E-state index in [1.165, 1.54) is 7.05 Å². The summed E-state index contributed by atoms with van der Waals surface area (Å²) >= 11 is 0. The molecule has 1 atom stereocenters. The Balaban J connectivity index is 2.27. The lowest BCUT2D eigenvalue weighted by Crippen LogP contribution is -2.44. The molecule has 2 aromatic rings. The summed E-state index contributed by atoms with van der Waals surface area (Å²) in [6.07, 6.45) is 0. The largest absolute Gasteiger partial charge is 0.493 e. The average Bonchev–Trinajstić information content (AvgIpc) is 2.68. The molecule has 0 spiro atoms. The summed E-state index contributed by atoms with van der Waals surface area (Å²) in [5.74, 6) is 0.860. The molecular formula is C20H25N3O4. The van der Waals surface area contributed by atoms with E-state index in [1.54, 1.807) is 14.2 Å². The van der Waals surface area contributed by atoms with Crippen molar-refractivity contribution < 1.29 is 19.1 Å². The van der Waals surface area contributed by atoms with Crippen LogP contribution in [0, 0.1) is 0 Å². The Labute approximate surface area is 159 Å². The Hall–Kier alpha value is -3.06. The molecule has 2 N–H and O–H groups in total. The van der Waals surface area contributed by atoms with Crippen LogP contribution < -0.4 is 20.1 Å². The predicted octanol–water partition coefficient (Wildman–Crippen LogP) is 2.33. The fourth-order valence-electron chi connectivity index (χ4n) is 2.84. The van der Waals surface area contributed by atoms with Crippen molar-refractivity contribution in [1.82, 2.24) is 15.5 Å². The van der Waals surface area contributed by atoms with Gasteiger partial charge in [0.25, 0.3) is 0 Å². The fourth-order valence-corrected chi connectivity index (χ4v) is 2.84.